The van der Waals surface area contributed by atoms with E-state index < -0.39 is 46.3 Å². The van der Waals surface area contributed by atoms with E-state index in [1.165, 1.54) is 0 Å². The Bertz CT molecular complexity index is 1440. The van der Waals surface area contributed by atoms with Crippen molar-refractivity contribution in [1.29, 1.82) is 0 Å². The van der Waals surface area contributed by atoms with Gasteiger partial charge in [0, 0.05) is 74.1 Å². The average Bonchev–Trinajstić information content (AvgIpc) is 3.19. The number of piperazine rings is 1. The van der Waals surface area contributed by atoms with Gasteiger partial charge in [0.25, 0.3) is 5.91 Å². The Morgan fingerprint density at radius 3 is 1.75 bits per heavy atom. The number of Topliss-reactive ketones (excluding diaryl/α,β-unsaturated/α-hetero) is 3. The molecule has 0 aromatic heterocycles. The molecule has 52 heavy (non-hydrogen) atoms. The van der Waals surface area contributed by atoms with E-state index in [0.29, 0.717) is 38.4 Å². The third-order valence-corrected chi connectivity index (χ3v) is 14.8. The number of primary amides is 1. The molecule has 292 valence electrons. The molecule has 10 heteroatoms. The summed E-state index contributed by atoms with van der Waals surface area (Å²) in [5, 5.41) is 3.47. The summed E-state index contributed by atoms with van der Waals surface area (Å²) in [5.41, 5.74) is 4.24. The van der Waals surface area contributed by atoms with Crippen LogP contribution in [0, 0.1) is 50.7 Å². The molecule has 7 atom stereocenters. The second kappa shape index (κ2) is 14.2. The monoisotopic (exact) mass is 725 g/mol. The summed E-state index contributed by atoms with van der Waals surface area (Å²) >= 11 is 0. The molecule has 5 aliphatic rings. The molecule has 3 N–H and O–H groups in total. The van der Waals surface area contributed by atoms with Gasteiger partial charge in [0.1, 0.15) is 5.78 Å². The van der Waals surface area contributed by atoms with Gasteiger partial charge >= 0.3 is 0 Å². The van der Waals surface area contributed by atoms with Crippen LogP contribution in [0.15, 0.2) is 0 Å². The van der Waals surface area contributed by atoms with Crippen molar-refractivity contribution in [2.45, 2.75) is 158 Å². The summed E-state index contributed by atoms with van der Waals surface area (Å²) in [4.78, 5) is 86.3. The topological polar surface area (TPSA) is 147 Å². The Labute approximate surface area is 312 Å². The molecule has 3 aliphatic carbocycles. The van der Waals surface area contributed by atoms with E-state index in [9.17, 15) is 28.8 Å². The highest BCUT2D eigenvalue weighted by atomic mass is 16.2. The normalized spacial score (nSPS) is 29.9. The number of carbonyl (C=O) groups is 6. The van der Waals surface area contributed by atoms with Gasteiger partial charge in [0.2, 0.25) is 17.6 Å². The van der Waals surface area contributed by atoms with Crippen LogP contribution >= 0.6 is 0 Å². The lowest BCUT2D eigenvalue weighted by molar-refractivity contribution is -0.147. The van der Waals surface area contributed by atoms with Crippen LogP contribution in [0.25, 0.3) is 0 Å². The lowest BCUT2D eigenvalue weighted by atomic mass is 9.73. The first-order valence-electron chi connectivity index (χ1n) is 20.2. The number of amides is 3. The van der Waals surface area contributed by atoms with Crippen LogP contribution in [0.4, 0.5) is 0 Å². The number of ketones is 3. The summed E-state index contributed by atoms with van der Waals surface area (Å²) in [6.45, 7) is 22.2. The van der Waals surface area contributed by atoms with Gasteiger partial charge < -0.3 is 20.9 Å². The third kappa shape index (κ3) is 7.27. The quantitative estimate of drug-likeness (QED) is 0.239. The van der Waals surface area contributed by atoms with E-state index in [1.54, 1.807) is 4.90 Å². The second-order valence-corrected chi connectivity index (χ2v) is 20.5. The van der Waals surface area contributed by atoms with Crippen LogP contribution in [-0.2, 0) is 28.8 Å². The molecule has 0 aromatic rings. The molecule has 5 fully saturated rings. The van der Waals surface area contributed by atoms with Crippen molar-refractivity contribution in [3.63, 3.8) is 0 Å². The molecule has 0 aromatic carbocycles. The number of fused-ring (bicyclic) bond motifs is 1. The largest absolute Gasteiger partial charge is 0.363 e. The predicted molar refractivity (Wildman–Crippen MR) is 201 cm³/mol. The fraction of sp³-hybridized carbons (Fsp3) is 0.857. The highest BCUT2D eigenvalue weighted by molar-refractivity contribution is 6.36. The van der Waals surface area contributed by atoms with Crippen molar-refractivity contribution in [3.05, 3.63) is 0 Å². The highest BCUT2D eigenvalue weighted by Crippen LogP contribution is 2.88. The molecule has 0 bridgehead atoms. The maximum Gasteiger partial charge on any atom is 0.285 e. The van der Waals surface area contributed by atoms with Crippen molar-refractivity contribution in [1.82, 2.24) is 15.1 Å². The lowest BCUT2D eigenvalue weighted by Crippen LogP contribution is -2.58. The summed E-state index contributed by atoms with van der Waals surface area (Å²) in [6.07, 6.45) is 7.24. The molecule has 5 rings (SSSR count). The third-order valence-electron chi connectivity index (χ3n) is 14.8. The van der Waals surface area contributed by atoms with Gasteiger partial charge in [-0.05, 0) is 67.1 Å². The Hall–Kier alpha value is -2.62. The number of rotatable bonds is 13. The first-order chi connectivity index (χ1) is 24.0. The zero-order valence-electron chi connectivity index (χ0n) is 33.9. The van der Waals surface area contributed by atoms with E-state index in [1.807, 2.05) is 46.4 Å². The number of carbonyl (C=O) groups excluding carboxylic acids is 6. The number of hydrogen-bond donors (Lipinski definition) is 2. The number of hydrogen-bond acceptors (Lipinski definition) is 7. The molecular weight excluding hydrogens is 656 g/mol. The molecule has 1 unspecified atom stereocenters. The fourth-order valence-corrected chi connectivity index (χ4v) is 11.1. The summed E-state index contributed by atoms with van der Waals surface area (Å²) in [6, 6.07) is -0.412. The maximum absolute atomic E-state index is 15.0. The van der Waals surface area contributed by atoms with Crippen LogP contribution in [0.2, 0.25) is 0 Å². The smallest absolute Gasteiger partial charge is 0.285 e. The Morgan fingerprint density at radius 1 is 0.788 bits per heavy atom. The Kier molecular flexibility index (Phi) is 11.1. The summed E-state index contributed by atoms with van der Waals surface area (Å²) < 4.78 is 0. The van der Waals surface area contributed by atoms with Crippen LogP contribution in [-0.4, -0.2) is 82.6 Å². The molecule has 2 spiro atoms. The Morgan fingerprint density at radius 2 is 1.33 bits per heavy atom. The standard InChI is InChI=1S/C42H68N4O6/c1-25-22-45(23-26(2)44-25)36(51)30(38(3,4)5)19-29(47)20-31(39(6,7)8)37(52)46-24-42(40(9,10)41(42)15-12-16-41)21-32(46)33(48)18-28(34(49)35(43)50)17-27-13-11-14-27/h25-28,30-32,44H,11-24H2,1-10H3,(H2,43,50)/t25-,26+,28?,30-,31-,32+,42-/m1/s1. The van der Waals surface area contributed by atoms with E-state index in [4.69, 9.17) is 5.73 Å². The number of likely N-dealkylation sites (tertiary alicyclic amines) is 1. The first-order valence-corrected chi connectivity index (χ1v) is 20.2. The van der Waals surface area contributed by atoms with Crippen molar-refractivity contribution >= 4 is 35.1 Å². The van der Waals surface area contributed by atoms with Crippen LogP contribution in [0.1, 0.15) is 140 Å². The SMILES string of the molecule is C[C@@H]1CN(C(=O)[C@@H](CC(=O)C[C@H](C(=O)N2C[C@]3(C[C@H]2C(=O)CC(CC2CCC2)C(=O)C(N)=O)C(C)(C)C32CCC2)C(C)(C)C)C(C)(C)C)C[C@H](C)N1. The fourth-order valence-electron chi connectivity index (χ4n) is 11.1. The minimum atomic E-state index is -1.01. The molecule has 2 heterocycles. The predicted octanol–water partition coefficient (Wildman–Crippen LogP) is 5.49. The minimum Gasteiger partial charge on any atom is -0.363 e. The van der Waals surface area contributed by atoms with Crippen molar-refractivity contribution < 1.29 is 28.8 Å². The number of nitrogens with two attached hydrogens (primary N) is 1. The van der Waals surface area contributed by atoms with E-state index in [-0.39, 0.29) is 71.0 Å². The van der Waals surface area contributed by atoms with Crippen LogP contribution < -0.4 is 11.1 Å². The van der Waals surface area contributed by atoms with Crippen LogP contribution in [0.3, 0.4) is 0 Å². The van der Waals surface area contributed by atoms with Gasteiger partial charge in [0.05, 0.1) is 6.04 Å². The molecule has 2 saturated heterocycles. The second-order valence-electron chi connectivity index (χ2n) is 20.5. The number of nitrogens with one attached hydrogen (secondary N) is 1. The molecule has 3 amide bonds. The van der Waals surface area contributed by atoms with Gasteiger partial charge in [-0.3, -0.25) is 28.8 Å². The molecule has 10 nitrogen and oxygen atoms in total. The summed E-state index contributed by atoms with van der Waals surface area (Å²) in [7, 11) is 0. The Balaban J connectivity index is 1.39. The van der Waals surface area contributed by atoms with Gasteiger partial charge in [-0.2, -0.15) is 0 Å². The highest BCUT2D eigenvalue weighted by Gasteiger charge is 2.85. The molecular formula is C42H68N4O6. The first kappa shape index (κ1) is 40.6. The molecule has 2 aliphatic heterocycles. The minimum absolute atomic E-state index is 0.0139. The molecule has 0 radical (unpaired) electrons. The molecule has 3 saturated carbocycles. The number of nitrogens with zero attached hydrogens (tertiary/aromatic N) is 2. The average molecular weight is 725 g/mol. The van der Waals surface area contributed by atoms with Gasteiger partial charge in [-0.15, -0.1) is 0 Å². The van der Waals surface area contributed by atoms with E-state index in [0.717, 1.165) is 38.5 Å². The van der Waals surface area contributed by atoms with E-state index >= 15 is 0 Å². The van der Waals surface area contributed by atoms with Gasteiger partial charge in [0.15, 0.2) is 5.78 Å². The van der Waals surface area contributed by atoms with Crippen molar-refractivity contribution in [2.75, 3.05) is 19.6 Å². The summed E-state index contributed by atoms with van der Waals surface area (Å²) in [5.74, 6) is -3.93. The zero-order valence-corrected chi connectivity index (χ0v) is 33.9. The van der Waals surface area contributed by atoms with Crippen molar-refractivity contribution in [2.24, 2.45) is 56.5 Å². The van der Waals surface area contributed by atoms with E-state index in [2.05, 4.69) is 33.0 Å². The van der Waals surface area contributed by atoms with Crippen LogP contribution in [0.5, 0.6) is 0 Å². The maximum atomic E-state index is 15.0. The van der Waals surface area contributed by atoms with Crippen molar-refractivity contribution in [3.8, 4) is 0 Å². The van der Waals surface area contributed by atoms with Gasteiger partial charge in [-0.25, -0.2) is 0 Å². The zero-order chi connectivity index (χ0) is 38.8. The van der Waals surface area contributed by atoms with Gasteiger partial charge in [-0.1, -0.05) is 81.1 Å². The lowest BCUT2D eigenvalue weighted by Gasteiger charge is -2.41.